The average Bonchev–Trinajstić information content (AvgIpc) is 2.75. The van der Waals surface area contributed by atoms with E-state index in [-0.39, 0.29) is 0 Å². The molecule has 1 amide bonds. The molecule has 0 saturated heterocycles. The monoisotopic (exact) mass is 289 g/mol. The van der Waals surface area contributed by atoms with Gasteiger partial charge in [0.1, 0.15) is 10.6 Å². The summed E-state index contributed by atoms with van der Waals surface area (Å²) in [5, 5.41) is 12.3. The standard InChI is InChI=1S/C14H15N3O2S/c1-14(2,3)19-13(18)16-8-12-17-10-6-9(7-15)4-5-11(10)20-12/h4-6H,8H2,1-3H3,(H,16,18). The van der Waals surface area contributed by atoms with Crippen LogP contribution < -0.4 is 5.32 Å². The molecule has 5 nitrogen and oxygen atoms in total. The number of nitrogens with one attached hydrogen (secondary N) is 1. The first-order valence-corrected chi connectivity index (χ1v) is 6.95. The molecule has 6 heteroatoms. The topological polar surface area (TPSA) is 75.0 Å². The molecule has 2 rings (SSSR count). The quantitative estimate of drug-likeness (QED) is 0.921. The fourth-order valence-electron chi connectivity index (χ4n) is 1.58. The molecule has 0 saturated carbocycles. The van der Waals surface area contributed by atoms with Crippen molar-refractivity contribution in [2.75, 3.05) is 0 Å². The van der Waals surface area contributed by atoms with Crippen molar-refractivity contribution >= 4 is 27.6 Å². The number of hydrogen-bond acceptors (Lipinski definition) is 5. The number of benzene rings is 1. The zero-order chi connectivity index (χ0) is 14.8. The third-order valence-electron chi connectivity index (χ3n) is 2.34. The molecule has 0 radical (unpaired) electrons. The highest BCUT2D eigenvalue weighted by atomic mass is 32.1. The smallest absolute Gasteiger partial charge is 0.408 e. The molecular formula is C14H15N3O2S. The molecule has 20 heavy (non-hydrogen) atoms. The van der Waals surface area contributed by atoms with Gasteiger partial charge in [0.25, 0.3) is 0 Å². The van der Waals surface area contributed by atoms with Crippen LogP contribution in [0.5, 0.6) is 0 Å². The molecule has 0 aliphatic rings. The van der Waals surface area contributed by atoms with Gasteiger partial charge >= 0.3 is 6.09 Å². The predicted molar refractivity (Wildman–Crippen MR) is 77.4 cm³/mol. The second-order valence-corrected chi connectivity index (χ2v) is 6.37. The first kappa shape index (κ1) is 14.3. The fourth-order valence-corrected chi connectivity index (χ4v) is 2.47. The van der Waals surface area contributed by atoms with E-state index < -0.39 is 11.7 Å². The van der Waals surface area contributed by atoms with E-state index >= 15 is 0 Å². The Balaban J connectivity index is 2.04. The van der Waals surface area contributed by atoms with Gasteiger partial charge in [0.2, 0.25) is 0 Å². The van der Waals surface area contributed by atoms with Crippen molar-refractivity contribution in [2.45, 2.75) is 32.9 Å². The number of thiazole rings is 1. The van der Waals surface area contributed by atoms with Gasteiger partial charge in [0.05, 0.1) is 28.4 Å². The number of ether oxygens (including phenoxy) is 1. The highest BCUT2D eigenvalue weighted by molar-refractivity contribution is 7.18. The van der Waals surface area contributed by atoms with Gasteiger partial charge in [-0.2, -0.15) is 5.26 Å². The lowest BCUT2D eigenvalue weighted by Crippen LogP contribution is -2.32. The number of carbonyl (C=O) groups is 1. The largest absolute Gasteiger partial charge is 0.444 e. The van der Waals surface area contributed by atoms with Crippen molar-refractivity contribution in [1.29, 1.82) is 5.26 Å². The maximum Gasteiger partial charge on any atom is 0.408 e. The van der Waals surface area contributed by atoms with Crippen molar-refractivity contribution in [3.8, 4) is 6.07 Å². The maximum atomic E-state index is 11.5. The second-order valence-electron chi connectivity index (χ2n) is 5.26. The number of hydrogen-bond donors (Lipinski definition) is 1. The van der Waals surface area contributed by atoms with E-state index in [0.717, 1.165) is 15.2 Å². The Morgan fingerprint density at radius 3 is 2.90 bits per heavy atom. The van der Waals surface area contributed by atoms with Crippen LogP contribution in [0.3, 0.4) is 0 Å². The lowest BCUT2D eigenvalue weighted by atomic mass is 10.2. The van der Waals surface area contributed by atoms with Gasteiger partial charge in [-0.15, -0.1) is 11.3 Å². The molecule has 0 bridgehead atoms. The van der Waals surface area contributed by atoms with Crippen LogP contribution in [0.25, 0.3) is 10.2 Å². The van der Waals surface area contributed by atoms with Crippen molar-refractivity contribution in [3.05, 3.63) is 28.8 Å². The van der Waals surface area contributed by atoms with Gasteiger partial charge in [0.15, 0.2) is 0 Å². The highest BCUT2D eigenvalue weighted by Crippen LogP contribution is 2.22. The Labute approximate surface area is 121 Å². The first-order valence-electron chi connectivity index (χ1n) is 6.14. The van der Waals surface area contributed by atoms with Gasteiger partial charge < -0.3 is 10.1 Å². The summed E-state index contributed by atoms with van der Waals surface area (Å²) in [7, 11) is 0. The fraction of sp³-hybridized carbons (Fsp3) is 0.357. The van der Waals surface area contributed by atoms with Crippen LogP contribution in [0.4, 0.5) is 4.79 Å². The number of nitriles is 1. The number of aromatic nitrogens is 1. The van der Waals surface area contributed by atoms with Crippen LogP contribution in [-0.2, 0) is 11.3 Å². The van der Waals surface area contributed by atoms with Crippen molar-refractivity contribution in [2.24, 2.45) is 0 Å². The SMILES string of the molecule is CC(C)(C)OC(=O)NCc1nc2cc(C#N)ccc2s1. The van der Waals surface area contributed by atoms with E-state index in [1.54, 1.807) is 12.1 Å². The van der Waals surface area contributed by atoms with Crippen molar-refractivity contribution in [3.63, 3.8) is 0 Å². The van der Waals surface area contributed by atoms with Crippen LogP contribution in [0.2, 0.25) is 0 Å². The van der Waals surface area contributed by atoms with Gasteiger partial charge in [0, 0.05) is 0 Å². The van der Waals surface area contributed by atoms with E-state index in [1.165, 1.54) is 11.3 Å². The van der Waals surface area contributed by atoms with Crippen molar-refractivity contribution in [1.82, 2.24) is 10.3 Å². The molecule has 1 aromatic carbocycles. The molecular weight excluding hydrogens is 274 g/mol. The Bertz CT molecular complexity index is 680. The molecule has 0 aliphatic heterocycles. The summed E-state index contributed by atoms with van der Waals surface area (Å²) in [6.45, 7) is 5.76. The Morgan fingerprint density at radius 1 is 1.50 bits per heavy atom. The third kappa shape index (κ3) is 3.68. The van der Waals surface area contributed by atoms with Crippen LogP contribution in [0.1, 0.15) is 31.3 Å². The molecule has 1 aromatic heterocycles. The zero-order valence-corrected chi connectivity index (χ0v) is 12.4. The molecule has 1 N–H and O–H groups in total. The maximum absolute atomic E-state index is 11.5. The van der Waals surface area contributed by atoms with Crippen molar-refractivity contribution < 1.29 is 9.53 Å². The Morgan fingerprint density at radius 2 is 2.25 bits per heavy atom. The summed E-state index contributed by atoms with van der Waals surface area (Å²) < 4.78 is 6.14. The number of amides is 1. The number of carbonyl (C=O) groups excluding carboxylic acids is 1. The summed E-state index contributed by atoms with van der Waals surface area (Å²) >= 11 is 1.49. The van der Waals surface area contributed by atoms with E-state index in [2.05, 4.69) is 16.4 Å². The van der Waals surface area contributed by atoms with Gasteiger partial charge in [-0.05, 0) is 39.0 Å². The second kappa shape index (κ2) is 5.47. The molecule has 0 aliphatic carbocycles. The van der Waals surface area contributed by atoms with E-state index in [9.17, 15) is 4.79 Å². The molecule has 0 unspecified atom stereocenters. The first-order chi connectivity index (χ1) is 9.37. The lowest BCUT2D eigenvalue weighted by molar-refractivity contribution is 0.0523. The van der Waals surface area contributed by atoms with Gasteiger partial charge in [-0.1, -0.05) is 0 Å². The third-order valence-corrected chi connectivity index (χ3v) is 3.38. The minimum atomic E-state index is -0.515. The molecule has 0 spiro atoms. The number of rotatable bonds is 2. The number of fused-ring (bicyclic) bond motifs is 1. The van der Waals surface area contributed by atoms with Gasteiger partial charge in [-0.25, -0.2) is 9.78 Å². The molecule has 0 atom stereocenters. The zero-order valence-electron chi connectivity index (χ0n) is 11.6. The molecule has 1 heterocycles. The summed E-state index contributed by atoms with van der Waals surface area (Å²) in [5.74, 6) is 0. The minimum Gasteiger partial charge on any atom is -0.444 e. The molecule has 0 fully saturated rings. The van der Waals surface area contributed by atoms with Crippen LogP contribution in [0, 0.1) is 11.3 Å². The van der Waals surface area contributed by atoms with Crippen LogP contribution >= 0.6 is 11.3 Å². The predicted octanol–water partition coefficient (Wildman–Crippen LogP) is 3.19. The van der Waals surface area contributed by atoms with E-state index in [0.29, 0.717) is 12.1 Å². The normalized spacial score (nSPS) is 11.1. The van der Waals surface area contributed by atoms with Crippen LogP contribution in [0.15, 0.2) is 18.2 Å². The van der Waals surface area contributed by atoms with Crippen LogP contribution in [-0.4, -0.2) is 16.7 Å². The van der Waals surface area contributed by atoms with E-state index in [4.69, 9.17) is 10.00 Å². The van der Waals surface area contributed by atoms with E-state index in [1.807, 2.05) is 26.8 Å². The summed E-state index contributed by atoms with van der Waals surface area (Å²) in [4.78, 5) is 15.9. The Kier molecular flexibility index (Phi) is 3.91. The number of alkyl carbamates (subject to hydrolysis) is 1. The average molecular weight is 289 g/mol. The molecule has 104 valence electrons. The lowest BCUT2D eigenvalue weighted by Gasteiger charge is -2.19. The minimum absolute atomic E-state index is 0.316. The van der Waals surface area contributed by atoms with Gasteiger partial charge in [-0.3, -0.25) is 0 Å². The Hall–Kier alpha value is -2.13. The summed E-state index contributed by atoms with van der Waals surface area (Å²) in [6.07, 6.45) is -0.463. The molecule has 2 aromatic rings. The highest BCUT2D eigenvalue weighted by Gasteiger charge is 2.16. The summed E-state index contributed by atoms with van der Waals surface area (Å²) in [6, 6.07) is 7.44. The number of nitrogens with zero attached hydrogens (tertiary/aromatic N) is 2. The summed E-state index contributed by atoms with van der Waals surface area (Å²) in [5.41, 5.74) is 0.837.